The van der Waals surface area contributed by atoms with Gasteiger partial charge in [0.15, 0.2) is 11.9 Å². The van der Waals surface area contributed by atoms with Crippen molar-refractivity contribution in [1.82, 2.24) is 0 Å². The highest BCUT2D eigenvalue weighted by Crippen LogP contribution is 2.26. The van der Waals surface area contributed by atoms with Gasteiger partial charge in [0.2, 0.25) is 0 Å². The molecular weight excluding hydrogens is 258 g/mol. The molecule has 2 N–H and O–H groups in total. The van der Waals surface area contributed by atoms with E-state index in [0.717, 1.165) is 0 Å². The van der Waals surface area contributed by atoms with Gasteiger partial charge in [0.05, 0.1) is 11.6 Å². The van der Waals surface area contributed by atoms with E-state index in [1.165, 1.54) is 25.1 Å². The second-order valence-corrected chi connectivity index (χ2v) is 4.15. The van der Waals surface area contributed by atoms with E-state index in [2.05, 4.69) is 0 Å². The quantitative estimate of drug-likeness (QED) is 0.807. The van der Waals surface area contributed by atoms with Gasteiger partial charge in [-0.3, -0.25) is 4.79 Å². The molecule has 1 aromatic rings. The van der Waals surface area contributed by atoms with Crippen LogP contribution in [0.3, 0.4) is 0 Å². The monoisotopic (exact) mass is 267 g/mol. The summed E-state index contributed by atoms with van der Waals surface area (Å²) in [5.41, 5.74) is 0.441. The highest BCUT2D eigenvalue weighted by molar-refractivity contribution is 6.30. The lowest BCUT2D eigenvalue weighted by atomic mass is 9.99. The summed E-state index contributed by atoms with van der Waals surface area (Å²) in [6.45, 7) is 1.28. The van der Waals surface area contributed by atoms with Gasteiger partial charge >= 0.3 is 5.97 Å². The SMILES string of the molecule is CC(=O)C(Cl)c1cc(C#N)cc(C(O)C(=O)O)c1. The van der Waals surface area contributed by atoms with Crippen molar-refractivity contribution in [2.45, 2.75) is 18.4 Å². The topological polar surface area (TPSA) is 98.4 Å². The molecule has 0 radical (unpaired) electrons. The standard InChI is InChI=1S/C12H10ClNO4/c1-6(15)10(13)8-2-7(5-14)3-9(4-8)11(16)12(17)18/h2-4,10-11,16H,1H3,(H,17,18). The largest absolute Gasteiger partial charge is 0.479 e. The Kier molecular flexibility index (Phi) is 4.43. The van der Waals surface area contributed by atoms with Crippen molar-refractivity contribution < 1.29 is 19.8 Å². The number of alkyl halides is 1. The van der Waals surface area contributed by atoms with Gasteiger partial charge in [-0.2, -0.15) is 5.26 Å². The zero-order chi connectivity index (χ0) is 13.9. The lowest BCUT2D eigenvalue weighted by Crippen LogP contribution is -2.12. The number of aliphatic hydroxyl groups is 1. The van der Waals surface area contributed by atoms with Crippen LogP contribution in [0.25, 0.3) is 0 Å². The van der Waals surface area contributed by atoms with Crippen molar-refractivity contribution in [3.05, 3.63) is 34.9 Å². The van der Waals surface area contributed by atoms with Gasteiger partial charge in [0.25, 0.3) is 0 Å². The van der Waals surface area contributed by atoms with Crippen molar-refractivity contribution in [2.24, 2.45) is 0 Å². The summed E-state index contributed by atoms with van der Waals surface area (Å²) in [4.78, 5) is 21.8. The number of rotatable bonds is 4. The molecule has 18 heavy (non-hydrogen) atoms. The van der Waals surface area contributed by atoms with E-state index >= 15 is 0 Å². The molecule has 2 atom stereocenters. The molecule has 0 fully saturated rings. The van der Waals surface area contributed by atoms with Crippen LogP contribution < -0.4 is 0 Å². The fraction of sp³-hybridized carbons (Fsp3) is 0.250. The van der Waals surface area contributed by atoms with E-state index in [9.17, 15) is 14.7 Å². The number of carboxylic acids is 1. The molecule has 5 nitrogen and oxygen atoms in total. The third kappa shape index (κ3) is 3.06. The molecule has 6 heteroatoms. The average molecular weight is 268 g/mol. The lowest BCUT2D eigenvalue weighted by molar-refractivity contribution is -0.146. The molecule has 0 aromatic heterocycles. The third-order valence-electron chi connectivity index (χ3n) is 2.31. The first-order valence-electron chi connectivity index (χ1n) is 4.97. The minimum absolute atomic E-state index is 0.0171. The van der Waals surface area contributed by atoms with Crippen LogP contribution in [0.1, 0.15) is 35.1 Å². The maximum absolute atomic E-state index is 11.2. The minimum atomic E-state index is -1.76. The predicted molar refractivity (Wildman–Crippen MR) is 63.0 cm³/mol. The Balaban J connectivity index is 3.30. The number of aliphatic carboxylic acids is 1. The number of carboxylic acid groups (broad SMARTS) is 1. The predicted octanol–water partition coefficient (Wildman–Crippen LogP) is 1.55. The molecule has 0 saturated heterocycles. The van der Waals surface area contributed by atoms with E-state index in [1.54, 1.807) is 0 Å². The van der Waals surface area contributed by atoms with E-state index in [4.69, 9.17) is 22.0 Å². The second-order valence-electron chi connectivity index (χ2n) is 3.71. The number of halogens is 1. The lowest BCUT2D eigenvalue weighted by Gasteiger charge is -2.11. The molecule has 0 aliphatic carbocycles. The number of nitriles is 1. The number of benzene rings is 1. The third-order valence-corrected chi connectivity index (χ3v) is 2.87. The smallest absolute Gasteiger partial charge is 0.337 e. The Morgan fingerprint density at radius 1 is 1.33 bits per heavy atom. The maximum atomic E-state index is 11.2. The van der Waals surface area contributed by atoms with Crippen molar-refractivity contribution in [3.63, 3.8) is 0 Å². The molecular formula is C12H10ClNO4. The fourth-order valence-electron chi connectivity index (χ4n) is 1.42. The average Bonchev–Trinajstić information content (AvgIpc) is 2.35. The number of aliphatic hydroxyl groups excluding tert-OH is 1. The molecule has 1 rings (SSSR count). The zero-order valence-corrected chi connectivity index (χ0v) is 10.2. The van der Waals surface area contributed by atoms with Crippen LogP contribution in [0.2, 0.25) is 0 Å². The summed E-state index contributed by atoms with van der Waals surface area (Å²) in [5.74, 6) is -1.77. The van der Waals surface area contributed by atoms with Crippen molar-refractivity contribution >= 4 is 23.4 Å². The summed E-state index contributed by atoms with van der Waals surface area (Å²) in [7, 11) is 0. The Labute approximate surface area is 108 Å². The molecule has 0 saturated carbocycles. The number of nitrogens with zero attached hydrogens (tertiary/aromatic N) is 1. The molecule has 1 aromatic carbocycles. The molecule has 0 spiro atoms. The number of hydrogen-bond donors (Lipinski definition) is 2. The maximum Gasteiger partial charge on any atom is 0.337 e. The highest BCUT2D eigenvalue weighted by Gasteiger charge is 2.20. The summed E-state index contributed by atoms with van der Waals surface area (Å²) >= 11 is 5.84. The molecule has 0 bridgehead atoms. The number of Topliss-reactive ketones (excluding diaryl/α,β-unsaturated/α-hetero) is 1. The van der Waals surface area contributed by atoms with Gasteiger partial charge in [-0.05, 0) is 30.2 Å². The van der Waals surface area contributed by atoms with Gasteiger partial charge in [-0.15, -0.1) is 11.6 Å². The number of carbonyl (C=O) groups excluding carboxylic acids is 1. The Bertz CT molecular complexity index is 497. The molecule has 0 amide bonds. The van der Waals surface area contributed by atoms with Gasteiger partial charge < -0.3 is 10.2 Å². The molecule has 0 heterocycles. The highest BCUT2D eigenvalue weighted by atomic mass is 35.5. The molecule has 0 aliphatic rings. The van der Waals surface area contributed by atoms with E-state index in [0.29, 0.717) is 5.56 Å². The van der Waals surface area contributed by atoms with E-state index in [1.807, 2.05) is 6.07 Å². The minimum Gasteiger partial charge on any atom is -0.479 e. The van der Waals surface area contributed by atoms with Crippen LogP contribution in [0, 0.1) is 11.3 Å². The van der Waals surface area contributed by atoms with Crippen LogP contribution in [0.15, 0.2) is 18.2 Å². The van der Waals surface area contributed by atoms with Crippen LogP contribution in [-0.2, 0) is 9.59 Å². The molecule has 2 unspecified atom stereocenters. The van der Waals surface area contributed by atoms with Gasteiger partial charge in [-0.1, -0.05) is 6.07 Å². The van der Waals surface area contributed by atoms with Crippen LogP contribution in [-0.4, -0.2) is 22.0 Å². The summed E-state index contributed by atoms with van der Waals surface area (Å²) in [6, 6.07) is 5.75. The van der Waals surface area contributed by atoms with E-state index in [-0.39, 0.29) is 16.9 Å². The Hall–Kier alpha value is -1.90. The molecule has 94 valence electrons. The summed E-state index contributed by atoms with van der Waals surface area (Å²) in [6.07, 6.45) is -1.76. The van der Waals surface area contributed by atoms with Gasteiger partial charge in [0, 0.05) is 0 Å². The van der Waals surface area contributed by atoms with Crippen LogP contribution >= 0.6 is 11.6 Å². The fourth-order valence-corrected chi connectivity index (χ4v) is 1.55. The van der Waals surface area contributed by atoms with Crippen molar-refractivity contribution in [3.8, 4) is 6.07 Å². The van der Waals surface area contributed by atoms with Crippen molar-refractivity contribution in [1.29, 1.82) is 5.26 Å². The van der Waals surface area contributed by atoms with E-state index < -0.39 is 17.5 Å². The first-order valence-corrected chi connectivity index (χ1v) is 5.41. The second kappa shape index (κ2) is 5.63. The Morgan fingerprint density at radius 3 is 2.33 bits per heavy atom. The number of carbonyl (C=O) groups is 2. The normalized spacial score (nSPS) is 13.4. The van der Waals surface area contributed by atoms with Gasteiger partial charge in [-0.25, -0.2) is 4.79 Å². The Morgan fingerprint density at radius 2 is 1.89 bits per heavy atom. The first kappa shape index (κ1) is 14.2. The number of ketones is 1. The van der Waals surface area contributed by atoms with Crippen LogP contribution in [0.4, 0.5) is 0 Å². The van der Waals surface area contributed by atoms with Gasteiger partial charge in [0.1, 0.15) is 5.38 Å². The first-order chi connectivity index (χ1) is 8.36. The zero-order valence-electron chi connectivity index (χ0n) is 9.42. The molecule has 0 aliphatic heterocycles. The summed E-state index contributed by atoms with van der Waals surface area (Å²) in [5, 5.41) is 26.0. The van der Waals surface area contributed by atoms with Crippen LogP contribution in [0.5, 0.6) is 0 Å². The number of hydrogen-bond acceptors (Lipinski definition) is 4. The van der Waals surface area contributed by atoms with Crippen molar-refractivity contribution in [2.75, 3.05) is 0 Å². The summed E-state index contributed by atoms with van der Waals surface area (Å²) < 4.78 is 0.